The van der Waals surface area contributed by atoms with E-state index in [1.165, 1.54) is 12.5 Å². The number of nitrogens with one attached hydrogen (secondary N) is 2. The van der Waals surface area contributed by atoms with Gasteiger partial charge in [-0.15, -0.1) is 0 Å². The van der Waals surface area contributed by atoms with Gasteiger partial charge in [0.15, 0.2) is 0 Å². The lowest BCUT2D eigenvalue weighted by atomic mass is 9.93. The van der Waals surface area contributed by atoms with Gasteiger partial charge in [-0.1, -0.05) is 31.2 Å². The number of likely N-dealkylation sites (tertiary alicyclic amines) is 1. The largest absolute Gasteiger partial charge is 0.356 e. The topological polar surface area (TPSA) is 79.3 Å². The van der Waals surface area contributed by atoms with Crippen LogP contribution < -0.4 is 10.6 Å². The molecule has 1 aliphatic heterocycles. The highest BCUT2D eigenvalue weighted by Gasteiger charge is 2.37. The molecule has 1 aliphatic rings. The molecule has 0 unspecified atom stereocenters. The molecule has 1 fully saturated rings. The number of aryl methyl sites for hydroxylation is 2. The van der Waals surface area contributed by atoms with Crippen molar-refractivity contribution < 1.29 is 9.59 Å². The summed E-state index contributed by atoms with van der Waals surface area (Å²) >= 11 is 0. The van der Waals surface area contributed by atoms with Crippen molar-refractivity contribution in [2.45, 2.75) is 32.7 Å². The predicted octanol–water partition coefficient (Wildman–Crippen LogP) is 2.04. The van der Waals surface area contributed by atoms with E-state index in [9.17, 15) is 9.59 Å². The molecule has 150 valence electrons. The van der Waals surface area contributed by atoms with E-state index < -0.39 is 0 Å². The monoisotopic (exact) mass is 383 g/mol. The minimum Gasteiger partial charge on any atom is -0.356 e. The van der Waals surface area contributed by atoms with Gasteiger partial charge in [-0.2, -0.15) is 0 Å². The Bertz CT molecular complexity index is 832. The smallest absolute Gasteiger partial charge is 0.317 e. The molecule has 2 atom stereocenters. The molecule has 0 spiro atoms. The molecular formula is C21H29N5O2. The third kappa shape index (κ3) is 4.71. The SMILES string of the molecule is CCc1cccc(CNC(=O)N2C[C@@H](CNC(C)=O)[C@H](c3cncn3C)C2)c1. The molecule has 0 saturated carbocycles. The van der Waals surface area contributed by atoms with Gasteiger partial charge >= 0.3 is 6.03 Å². The van der Waals surface area contributed by atoms with Gasteiger partial charge in [-0.25, -0.2) is 9.78 Å². The maximum Gasteiger partial charge on any atom is 0.317 e. The van der Waals surface area contributed by atoms with Gasteiger partial charge < -0.3 is 20.1 Å². The molecule has 1 saturated heterocycles. The third-order valence-corrected chi connectivity index (χ3v) is 5.42. The Kier molecular flexibility index (Phi) is 6.34. The lowest BCUT2D eigenvalue weighted by molar-refractivity contribution is -0.119. The normalized spacial score (nSPS) is 18.9. The van der Waals surface area contributed by atoms with Crippen LogP contribution in [0.15, 0.2) is 36.8 Å². The first-order valence-corrected chi connectivity index (χ1v) is 9.79. The molecule has 1 aromatic carbocycles. The Labute approximate surface area is 166 Å². The summed E-state index contributed by atoms with van der Waals surface area (Å²) in [7, 11) is 1.96. The molecule has 0 bridgehead atoms. The van der Waals surface area contributed by atoms with Gasteiger partial charge in [0.25, 0.3) is 0 Å². The highest BCUT2D eigenvalue weighted by Crippen LogP contribution is 2.32. The average Bonchev–Trinajstić information content (AvgIpc) is 3.30. The van der Waals surface area contributed by atoms with Crippen LogP contribution in [-0.4, -0.2) is 46.0 Å². The first-order valence-electron chi connectivity index (χ1n) is 9.79. The molecule has 7 nitrogen and oxygen atoms in total. The first-order chi connectivity index (χ1) is 13.5. The maximum absolute atomic E-state index is 12.8. The average molecular weight is 383 g/mol. The summed E-state index contributed by atoms with van der Waals surface area (Å²) in [6.07, 6.45) is 4.60. The highest BCUT2D eigenvalue weighted by atomic mass is 16.2. The van der Waals surface area contributed by atoms with Crippen molar-refractivity contribution in [3.63, 3.8) is 0 Å². The Morgan fingerprint density at radius 3 is 2.68 bits per heavy atom. The van der Waals surface area contributed by atoms with Crippen LogP contribution in [0.4, 0.5) is 4.79 Å². The molecule has 3 amide bonds. The highest BCUT2D eigenvalue weighted by molar-refractivity contribution is 5.75. The Balaban J connectivity index is 1.65. The van der Waals surface area contributed by atoms with Crippen molar-refractivity contribution in [1.29, 1.82) is 0 Å². The Hall–Kier alpha value is -2.83. The molecule has 0 aliphatic carbocycles. The van der Waals surface area contributed by atoms with E-state index in [4.69, 9.17) is 0 Å². The summed E-state index contributed by atoms with van der Waals surface area (Å²) in [5.74, 6) is 0.254. The second kappa shape index (κ2) is 8.91. The van der Waals surface area contributed by atoms with Gasteiger partial charge in [0.2, 0.25) is 5.91 Å². The molecule has 3 rings (SSSR count). The number of carbonyl (C=O) groups excluding carboxylic acids is 2. The Morgan fingerprint density at radius 1 is 1.21 bits per heavy atom. The van der Waals surface area contributed by atoms with Gasteiger partial charge in [-0.05, 0) is 17.5 Å². The number of imidazole rings is 1. The quantitative estimate of drug-likeness (QED) is 0.801. The van der Waals surface area contributed by atoms with E-state index in [-0.39, 0.29) is 23.8 Å². The third-order valence-electron chi connectivity index (χ3n) is 5.42. The molecule has 2 N–H and O–H groups in total. The van der Waals surface area contributed by atoms with Crippen molar-refractivity contribution in [2.24, 2.45) is 13.0 Å². The van der Waals surface area contributed by atoms with Crippen molar-refractivity contribution in [3.05, 3.63) is 53.6 Å². The second-order valence-electron chi connectivity index (χ2n) is 7.47. The van der Waals surface area contributed by atoms with E-state index in [0.29, 0.717) is 26.2 Å². The molecule has 1 aromatic heterocycles. The van der Waals surface area contributed by atoms with Crippen LogP contribution in [0.2, 0.25) is 0 Å². The predicted molar refractivity (Wildman–Crippen MR) is 108 cm³/mol. The molecule has 2 heterocycles. The van der Waals surface area contributed by atoms with Crippen molar-refractivity contribution >= 4 is 11.9 Å². The number of aromatic nitrogens is 2. The number of hydrogen-bond donors (Lipinski definition) is 2. The number of nitrogens with zero attached hydrogens (tertiary/aromatic N) is 3. The van der Waals surface area contributed by atoms with Crippen molar-refractivity contribution in [2.75, 3.05) is 19.6 Å². The fourth-order valence-electron chi connectivity index (χ4n) is 3.83. The zero-order chi connectivity index (χ0) is 20.1. The summed E-state index contributed by atoms with van der Waals surface area (Å²) in [6.45, 7) is 5.92. The molecule has 28 heavy (non-hydrogen) atoms. The fraction of sp³-hybridized carbons (Fsp3) is 0.476. The molecule has 0 radical (unpaired) electrons. The number of amides is 3. The van der Waals surface area contributed by atoms with Crippen LogP contribution in [0.1, 0.15) is 36.6 Å². The lowest BCUT2D eigenvalue weighted by Gasteiger charge is -2.18. The van der Waals surface area contributed by atoms with Gasteiger partial charge in [0.05, 0.1) is 6.33 Å². The van der Waals surface area contributed by atoms with Crippen LogP contribution in [0.3, 0.4) is 0 Å². The zero-order valence-electron chi connectivity index (χ0n) is 16.8. The number of hydrogen-bond acceptors (Lipinski definition) is 3. The van der Waals surface area contributed by atoms with Crippen LogP contribution in [0.5, 0.6) is 0 Å². The molecular weight excluding hydrogens is 354 g/mol. The lowest BCUT2D eigenvalue weighted by Crippen LogP contribution is -2.39. The zero-order valence-corrected chi connectivity index (χ0v) is 16.8. The molecule has 2 aromatic rings. The number of rotatable bonds is 6. The minimum atomic E-state index is -0.0700. The van der Waals surface area contributed by atoms with E-state index in [0.717, 1.165) is 17.7 Å². The van der Waals surface area contributed by atoms with Gasteiger partial charge in [0, 0.05) is 63.9 Å². The summed E-state index contributed by atoms with van der Waals surface area (Å²) in [5, 5.41) is 5.94. The summed E-state index contributed by atoms with van der Waals surface area (Å²) in [5.41, 5.74) is 3.45. The first kappa shape index (κ1) is 19.9. The van der Waals surface area contributed by atoms with Crippen LogP contribution >= 0.6 is 0 Å². The summed E-state index contributed by atoms with van der Waals surface area (Å²) in [4.78, 5) is 30.2. The molecule has 7 heteroatoms. The van der Waals surface area contributed by atoms with E-state index in [1.807, 2.05) is 34.8 Å². The summed E-state index contributed by atoms with van der Waals surface area (Å²) < 4.78 is 1.99. The van der Waals surface area contributed by atoms with Crippen LogP contribution in [0, 0.1) is 5.92 Å². The fourth-order valence-corrected chi connectivity index (χ4v) is 3.83. The van der Waals surface area contributed by atoms with Gasteiger partial charge in [0.1, 0.15) is 0 Å². The van der Waals surface area contributed by atoms with Crippen molar-refractivity contribution in [1.82, 2.24) is 25.1 Å². The second-order valence-corrected chi connectivity index (χ2v) is 7.47. The van der Waals surface area contributed by atoms with E-state index in [2.05, 4.69) is 34.7 Å². The van der Waals surface area contributed by atoms with E-state index >= 15 is 0 Å². The minimum absolute atomic E-state index is 0.0533. The van der Waals surface area contributed by atoms with Crippen molar-refractivity contribution in [3.8, 4) is 0 Å². The number of carbonyl (C=O) groups is 2. The number of benzene rings is 1. The maximum atomic E-state index is 12.8. The standard InChI is InChI=1S/C21H29N5O2/c1-4-16-6-5-7-17(8-16)9-24-21(28)26-12-18(10-23-15(2)27)19(13-26)20-11-22-14-25(20)3/h5-8,11,14,18-19H,4,9-10,12-13H2,1-3H3,(H,23,27)(H,24,28)/t18-,19-/m1/s1. The number of urea groups is 1. The Morgan fingerprint density at radius 2 is 2.00 bits per heavy atom. The van der Waals surface area contributed by atoms with Crippen LogP contribution in [-0.2, 0) is 24.8 Å². The summed E-state index contributed by atoms with van der Waals surface area (Å²) in [6, 6.07) is 8.21. The van der Waals surface area contributed by atoms with Gasteiger partial charge in [-0.3, -0.25) is 4.79 Å². The van der Waals surface area contributed by atoms with E-state index in [1.54, 1.807) is 6.33 Å². The van der Waals surface area contributed by atoms with Crippen LogP contribution in [0.25, 0.3) is 0 Å².